The van der Waals surface area contributed by atoms with E-state index in [1.165, 1.54) is 0 Å². The van der Waals surface area contributed by atoms with Crippen LogP contribution in [-0.2, 0) is 6.61 Å². The molecular formula is C24H25N2O2S+. The molecule has 0 unspecified atom stereocenters. The second kappa shape index (κ2) is 8.99. The Morgan fingerprint density at radius 2 is 1.72 bits per heavy atom. The minimum Gasteiger partial charge on any atom is -0.502 e. The summed E-state index contributed by atoms with van der Waals surface area (Å²) in [7, 11) is 0. The quantitative estimate of drug-likeness (QED) is 0.249. The number of aromatic nitrogens is 1. The summed E-state index contributed by atoms with van der Waals surface area (Å²) in [5.41, 5.74) is 6.07. The average molecular weight is 406 g/mol. The molecule has 29 heavy (non-hydrogen) atoms. The molecule has 0 spiro atoms. The van der Waals surface area contributed by atoms with Crippen LogP contribution in [0.4, 0.5) is 5.69 Å². The van der Waals surface area contributed by atoms with Crippen molar-refractivity contribution in [1.29, 1.82) is 0 Å². The fourth-order valence-electron chi connectivity index (χ4n) is 2.96. The Labute approximate surface area is 176 Å². The van der Waals surface area contributed by atoms with Crippen LogP contribution in [0.3, 0.4) is 0 Å². The average Bonchev–Trinajstić information content (AvgIpc) is 2.72. The predicted octanol–water partition coefficient (Wildman–Crippen LogP) is 4.71. The highest BCUT2D eigenvalue weighted by atomic mass is 32.1. The largest absolute Gasteiger partial charge is 0.502 e. The first-order valence-electron chi connectivity index (χ1n) is 9.39. The van der Waals surface area contributed by atoms with Crippen molar-refractivity contribution in [3.05, 3.63) is 94.8 Å². The maximum atomic E-state index is 11.2. The third-order valence-electron chi connectivity index (χ3n) is 4.83. The zero-order valence-corrected chi connectivity index (χ0v) is 17.6. The Hall–Kier alpha value is -3.02. The lowest BCUT2D eigenvalue weighted by Crippen LogP contribution is -2.39. The van der Waals surface area contributed by atoms with Gasteiger partial charge in [0.2, 0.25) is 0 Å². The zero-order valence-electron chi connectivity index (χ0n) is 16.8. The van der Waals surface area contributed by atoms with Crippen molar-refractivity contribution in [3.8, 4) is 0 Å². The van der Waals surface area contributed by atoms with Gasteiger partial charge in [0.25, 0.3) is 5.70 Å². The number of pyridine rings is 1. The molecule has 0 saturated carbocycles. The van der Waals surface area contributed by atoms with Crippen molar-refractivity contribution in [2.45, 2.75) is 27.4 Å². The van der Waals surface area contributed by atoms with Gasteiger partial charge in [-0.1, -0.05) is 42.0 Å². The standard InChI is InChI=1S/C24H24N2O2S/c1-16-6-10-21(11-7-16)25-24(29)22(26-12-4-5-19(14-26)15-27)23(28)20-9-8-17(2)18(3)13-20/h4-14,27H,15H2,1-3H3,(H-,25,28,29)/p+1. The molecule has 2 aromatic carbocycles. The van der Waals surface area contributed by atoms with Gasteiger partial charge in [-0.05, 0) is 56.2 Å². The van der Waals surface area contributed by atoms with Crippen molar-refractivity contribution in [2.24, 2.45) is 0 Å². The van der Waals surface area contributed by atoms with Gasteiger partial charge in [0.05, 0.1) is 6.61 Å². The van der Waals surface area contributed by atoms with Gasteiger partial charge in [-0.15, -0.1) is 0 Å². The molecule has 0 bridgehead atoms. The van der Waals surface area contributed by atoms with Crippen LogP contribution in [-0.4, -0.2) is 15.2 Å². The molecule has 5 heteroatoms. The van der Waals surface area contributed by atoms with E-state index < -0.39 is 0 Å². The van der Waals surface area contributed by atoms with E-state index in [2.05, 4.69) is 5.32 Å². The minimum absolute atomic E-state index is 0.0674. The third-order valence-corrected chi connectivity index (χ3v) is 5.13. The van der Waals surface area contributed by atoms with Crippen LogP contribution in [0.5, 0.6) is 0 Å². The third kappa shape index (κ3) is 4.88. The molecule has 3 rings (SSSR count). The normalized spacial score (nSPS) is 11.7. The molecule has 0 aliphatic heterocycles. The van der Waals surface area contributed by atoms with E-state index in [0.29, 0.717) is 16.2 Å². The summed E-state index contributed by atoms with van der Waals surface area (Å²) in [4.78, 5) is 0.379. The van der Waals surface area contributed by atoms with Gasteiger partial charge in [-0.25, -0.2) is 0 Å². The molecule has 4 nitrogen and oxygen atoms in total. The van der Waals surface area contributed by atoms with Crippen LogP contribution in [0.2, 0.25) is 0 Å². The highest BCUT2D eigenvalue weighted by Crippen LogP contribution is 2.21. The molecule has 0 amide bonds. The Bertz CT molecular complexity index is 1070. The number of aryl methyl sites for hydroxylation is 3. The number of hydrogen-bond acceptors (Lipinski definition) is 3. The van der Waals surface area contributed by atoms with Crippen molar-refractivity contribution < 1.29 is 14.8 Å². The smallest absolute Gasteiger partial charge is 0.288 e. The molecule has 0 fully saturated rings. The van der Waals surface area contributed by atoms with Crippen molar-refractivity contribution in [2.75, 3.05) is 5.32 Å². The van der Waals surface area contributed by atoms with E-state index in [4.69, 9.17) is 12.2 Å². The van der Waals surface area contributed by atoms with Crippen molar-refractivity contribution in [3.63, 3.8) is 0 Å². The highest BCUT2D eigenvalue weighted by molar-refractivity contribution is 7.81. The van der Waals surface area contributed by atoms with Gasteiger partial charge < -0.3 is 15.5 Å². The van der Waals surface area contributed by atoms with Crippen molar-refractivity contribution in [1.82, 2.24) is 0 Å². The molecule has 148 valence electrons. The van der Waals surface area contributed by atoms with E-state index in [1.54, 1.807) is 17.0 Å². The number of anilines is 1. The number of aliphatic hydroxyl groups is 2. The van der Waals surface area contributed by atoms with E-state index in [1.807, 2.05) is 75.4 Å². The molecule has 0 saturated heterocycles. The fourth-order valence-corrected chi connectivity index (χ4v) is 3.28. The number of benzene rings is 2. The second-order valence-electron chi connectivity index (χ2n) is 7.09. The summed E-state index contributed by atoms with van der Waals surface area (Å²) in [6.45, 7) is 5.96. The van der Waals surface area contributed by atoms with Crippen LogP contribution in [0, 0.1) is 20.8 Å². The predicted molar refractivity (Wildman–Crippen MR) is 122 cm³/mol. The van der Waals surface area contributed by atoms with Gasteiger partial charge in [0, 0.05) is 22.9 Å². The van der Waals surface area contributed by atoms with E-state index in [9.17, 15) is 10.2 Å². The lowest BCUT2D eigenvalue weighted by molar-refractivity contribution is -0.576. The number of nitrogens with one attached hydrogen (secondary N) is 1. The molecule has 1 aromatic heterocycles. The molecule has 3 aromatic rings. The number of nitrogens with zero attached hydrogens (tertiary/aromatic N) is 1. The molecule has 0 radical (unpaired) electrons. The number of thiocarbonyl (C=S) groups is 1. The Morgan fingerprint density at radius 1 is 1.00 bits per heavy atom. The Kier molecular flexibility index (Phi) is 6.42. The Morgan fingerprint density at radius 3 is 2.38 bits per heavy atom. The number of hydrogen-bond donors (Lipinski definition) is 3. The van der Waals surface area contributed by atoms with Gasteiger partial charge in [0.1, 0.15) is 0 Å². The van der Waals surface area contributed by atoms with Crippen molar-refractivity contribution >= 4 is 34.3 Å². The topological polar surface area (TPSA) is 56.4 Å². The minimum atomic E-state index is -0.101. The SMILES string of the molecule is Cc1ccc(NC(=S)C(=C(O)c2ccc(C)c(C)c2)[n+]2cccc(CO)c2)cc1. The number of aliphatic hydroxyl groups excluding tert-OH is 2. The molecule has 1 heterocycles. The first-order chi connectivity index (χ1) is 13.9. The zero-order chi connectivity index (χ0) is 21.0. The van der Waals surface area contributed by atoms with Crippen LogP contribution in [0.1, 0.15) is 27.8 Å². The van der Waals surface area contributed by atoms with Gasteiger partial charge in [0.15, 0.2) is 23.1 Å². The fraction of sp³-hybridized carbons (Fsp3) is 0.167. The number of rotatable bonds is 5. The summed E-state index contributed by atoms with van der Waals surface area (Å²) in [6.07, 6.45) is 3.56. The van der Waals surface area contributed by atoms with Gasteiger partial charge >= 0.3 is 0 Å². The van der Waals surface area contributed by atoms with Gasteiger partial charge in [-0.3, -0.25) is 0 Å². The summed E-state index contributed by atoms with van der Waals surface area (Å²) in [6, 6.07) is 17.3. The molecule has 0 aliphatic rings. The lowest BCUT2D eigenvalue weighted by atomic mass is 10.0. The molecular weight excluding hydrogens is 380 g/mol. The van der Waals surface area contributed by atoms with E-state index in [-0.39, 0.29) is 12.4 Å². The first kappa shape index (κ1) is 20.7. The lowest BCUT2D eigenvalue weighted by Gasteiger charge is -2.11. The Balaban J connectivity index is 2.10. The van der Waals surface area contributed by atoms with Crippen LogP contribution in [0.15, 0.2) is 67.0 Å². The van der Waals surface area contributed by atoms with Crippen LogP contribution in [0.25, 0.3) is 11.5 Å². The maximum absolute atomic E-state index is 11.2. The monoisotopic (exact) mass is 405 g/mol. The van der Waals surface area contributed by atoms with E-state index in [0.717, 1.165) is 27.9 Å². The highest BCUT2D eigenvalue weighted by Gasteiger charge is 2.24. The van der Waals surface area contributed by atoms with Crippen LogP contribution < -0.4 is 9.88 Å². The molecule has 0 atom stereocenters. The summed E-state index contributed by atoms with van der Waals surface area (Å²) < 4.78 is 1.74. The van der Waals surface area contributed by atoms with Crippen LogP contribution >= 0.6 is 12.2 Å². The second-order valence-corrected chi connectivity index (χ2v) is 7.50. The first-order valence-corrected chi connectivity index (χ1v) is 9.80. The van der Waals surface area contributed by atoms with Gasteiger partial charge in [-0.2, -0.15) is 4.57 Å². The maximum Gasteiger partial charge on any atom is 0.288 e. The summed E-state index contributed by atoms with van der Waals surface area (Å²) >= 11 is 5.67. The molecule has 0 aliphatic carbocycles. The summed E-state index contributed by atoms with van der Waals surface area (Å²) in [5.74, 6) is 0.0674. The summed E-state index contributed by atoms with van der Waals surface area (Å²) in [5, 5.41) is 23.9. The molecule has 3 N–H and O–H groups in total. The van der Waals surface area contributed by atoms with E-state index >= 15 is 0 Å².